The summed E-state index contributed by atoms with van der Waals surface area (Å²) in [5.41, 5.74) is 1.84. The highest BCUT2D eigenvalue weighted by atomic mass is 79.9. The predicted octanol–water partition coefficient (Wildman–Crippen LogP) is 4.55. The lowest BCUT2D eigenvalue weighted by Crippen LogP contribution is -2.03. The van der Waals surface area contributed by atoms with E-state index in [-0.39, 0.29) is 17.9 Å². The molecule has 1 aliphatic heterocycles. The number of benzene rings is 2. The van der Waals surface area contributed by atoms with Crippen LogP contribution in [0, 0.1) is 11.6 Å². The molecule has 21 heavy (non-hydrogen) atoms. The molecule has 1 heterocycles. The minimum absolute atomic E-state index is 0.103. The van der Waals surface area contributed by atoms with E-state index in [0.29, 0.717) is 15.7 Å². The molecule has 2 aromatic rings. The number of nitrogens with one attached hydrogen (secondary N) is 1. The highest BCUT2D eigenvalue weighted by Crippen LogP contribution is 2.36. The second-order valence-electron chi connectivity index (χ2n) is 4.79. The number of rotatable bonds is 2. The molecule has 3 rings (SSSR count). The van der Waals surface area contributed by atoms with E-state index in [4.69, 9.17) is 11.6 Å². The summed E-state index contributed by atoms with van der Waals surface area (Å²) < 4.78 is 28.2. The number of halogens is 4. The third kappa shape index (κ3) is 2.68. The van der Waals surface area contributed by atoms with Crippen molar-refractivity contribution in [3.8, 4) is 0 Å². The van der Waals surface area contributed by atoms with Crippen LogP contribution in [0.1, 0.15) is 22.1 Å². The van der Waals surface area contributed by atoms with E-state index in [9.17, 15) is 13.6 Å². The Bertz CT molecular complexity index is 727. The zero-order chi connectivity index (χ0) is 15.1. The molecule has 2 nitrogen and oxygen atoms in total. The Labute approximate surface area is 133 Å². The topological polar surface area (TPSA) is 29.1 Å². The first-order valence-electron chi connectivity index (χ1n) is 6.17. The fraction of sp³-hybridized carbons (Fsp3) is 0.133. The number of carbonyl (C=O) groups excluding carboxylic acids is 1. The highest BCUT2D eigenvalue weighted by Gasteiger charge is 2.24. The van der Waals surface area contributed by atoms with E-state index in [1.165, 1.54) is 12.1 Å². The molecule has 108 valence electrons. The predicted molar refractivity (Wildman–Crippen MR) is 80.5 cm³/mol. The van der Waals surface area contributed by atoms with Gasteiger partial charge in [-0.1, -0.05) is 28.1 Å². The van der Waals surface area contributed by atoms with Crippen LogP contribution < -0.4 is 5.32 Å². The number of anilines is 1. The highest BCUT2D eigenvalue weighted by molar-refractivity contribution is 9.10. The van der Waals surface area contributed by atoms with E-state index in [1.54, 1.807) is 18.2 Å². The smallest absolute Gasteiger partial charge is 0.228 e. The first kappa shape index (κ1) is 14.5. The fourth-order valence-electron chi connectivity index (χ4n) is 2.37. The van der Waals surface area contributed by atoms with Gasteiger partial charge in [-0.2, -0.15) is 0 Å². The van der Waals surface area contributed by atoms with Gasteiger partial charge in [-0.05, 0) is 29.3 Å². The molecule has 1 amide bonds. The van der Waals surface area contributed by atoms with E-state index in [1.807, 2.05) is 0 Å². The van der Waals surface area contributed by atoms with E-state index >= 15 is 0 Å². The summed E-state index contributed by atoms with van der Waals surface area (Å²) in [5.74, 6) is -1.53. The summed E-state index contributed by atoms with van der Waals surface area (Å²) >= 11 is 9.26. The number of fused-ring (bicyclic) bond motifs is 1. The lowest BCUT2D eigenvalue weighted by Gasteiger charge is -2.14. The minimum atomic E-state index is -0.959. The number of alkyl halides is 1. The van der Waals surface area contributed by atoms with Crippen LogP contribution in [0.3, 0.4) is 0 Å². The maximum absolute atomic E-state index is 14.0. The lowest BCUT2D eigenvalue weighted by atomic mass is 10.00. The molecule has 0 radical (unpaired) electrons. The van der Waals surface area contributed by atoms with Crippen LogP contribution >= 0.6 is 27.5 Å². The zero-order valence-corrected chi connectivity index (χ0v) is 12.9. The lowest BCUT2D eigenvalue weighted by molar-refractivity contribution is -0.115. The SMILES string of the molecule is O=C1Cc2cc(C(Cl)c3c(F)cc(Br)cc3F)ccc2N1. The molecule has 1 N–H and O–H groups in total. The Kier molecular flexibility index (Phi) is 3.71. The van der Waals surface area contributed by atoms with Gasteiger partial charge in [0.1, 0.15) is 11.6 Å². The molecule has 0 spiro atoms. The Morgan fingerprint density at radius 3 is 2.52 bits per heavy atom. The Hall–Kier alpha value is -1.46. The molecule has 0 saturated carbocycles. The monoisotopic (exact) mass is 371 g/mol. The maximum atomic E-state index is 14.0. The minimum Gasteiger partial charge on any atom is -0.326 e. The van der Waals surface area contributed by atoms with Crippen LogP contribution in [0.4, 0.5) is 14.5 Å². The quantitative estimate of drug-likeness (QED) is 0.770. The summed E-state index contributed by atoms with van der Waals surface area (Å²) in [5, 5.41) is 1.74. The molecule has 1 unspecified atom stereocenters. The number of hydrogen-bond acceptors (Lipinski definition) is 1. The van der Waals surface area contributed by atoms with E-state index < -0.39 is 17.0 Å². The Balaban J connectivity index is 2.02. The first-order valence-corrected chi connectivity index (χ1v) is 7.40. The summed E-state index contributed by atoms with van der Waals surface area (Å²) in [6.07, 6.45) is 0.248. The number of amides is 1. The normalized spacial score (nSPS) is 14.8. The van der Waals surface area contributed by atoms with Crippen molar-refractivity contribution in [3.63, 3.8) is 0 Å². The zero-order valence-electron chi connectivity index (χ0n) is 10.6. The van der Waals surface area contributed by atoms with Gasteiger partial charge in [-0.25, -0.2) is 8.78 Å². The van der Waals surface area contributed by atoms with Crippen molar-refractivity contribution in [1.29, 1.82) is 0 Å². The summed E-state index contributed by atoms with van der Waals surface area (Å²) in [7, 11) is 0. The molecule has 0 bridgehead atoms. The van der Waals surface area contributed by atoms with Crippen molar-refractivity contribution in [1.82, 2.24) is 0 Å². The Morgan fingerprint density at radius 2 is 1.86 bits per heavy atom. The average Bonchev–Trinajstić information content (AvgIpc) is 2.76. The van der Waals surface area contributed by atoms with Crippen LogP contribution in [0.2, 0.25) is 0 Å². The molecule has 6 heteroatoms. The van der Waals surface area contributed by atoms with E-state index in [0.717, 1.165) is 5.56 Å². The van der Waals surface area contributed by atoms with Crippen molar-refractivity contribution in [2.45, 2.75) is 11.8 Å². The molecule has 2 aromatic carbocycles. The molecular formula is C15H9BrClF2NO. The summed E-state index contributed by atoms with van der Waals surface area (Å²) in [4.78, 5) is 11.3. The second-order valence-corrected chi connectivity index (χ2v) is 6.14. The standard InChI is InChI=1S/C15H9BrClF2NO/c16-9-5-10(18)14(11(19)6-9)15(17)7-1-2-12-8(3-7)4-13(21)20-12/h1-3,5-6,15H,4H2,(H,20,21). The van der Waals surface area contributed by atoms with Crippen molar-refractivity contribution >= 4 is 39.1 Å². The summed E-state index contributed by atoms with van der Waals surface area (Å²) in [6, 6.07) is 7.40. The fourth-order valence-corrected chi connectivity index (χ4v) is 3.12. The van der Waals surface area contributed by atoms with Gasteiger partial charge in [-0.15, -0.1) is 11.6 Å². The Morgan fingerprint density at radius 1 is 1.19 bits per heavy atom. The third-order valence-electron chi connectivity index (χ3n) is 3.34. The van der Waals surface area contributed by atoms with Gasteiger partial charge in [0.25, 0.3) is 0 Å². The van der Waals surface area contributed by atoms with Crippen molar-refractivity contribution < 1.29 is 13.6 Å². The number of hydrogen-bond donors (Lipinski definition) is 1. The van der Waals surface area contributed by atoms with Gasteiger partial charge in [0, 0.05) is 15.7 Å². The molecule has 1 aliphatic rings. The molecule has 1 atom stereocenters. The van der Waals surface area contributed by atoms with Gasteiger partial charge < -0.3 is 5.32 Å². The second kappa shape index (κ2) is 5.39. The van der Waals surface area contributed by atoms with Crippen LogP contribution in [-0.2, 0) is 11.2 Å². The van der Waals surface area contributed by atoms with Crippen molar-refractivity contribution in [2.75, 3.05) is 5.32 Å². The molecule has 0 aromatic heterocycles. The average molecular weight is 373 g/mol. The molecule has 0 fully saturated rings. The summed E-state index contributed by atoms with van der Waals surface area (Å²) in [6.45, 7) is 0. The van der Waals surface area contributed by atoms with Crippen molar-refractivity contribution in [2.24, 2.45) is 0 Å². The largest absolute Gasteiger partial charge is 0.326 e. The van der Waals surface area contributed by atoms with Crippen LogP contribution in [0.5, 0.6) is 0 Å². The van der Waals surface area contributed by atoms with Crippen LogP contribution in [0.25, 0.3) is 0 Å². The first-order chi connectivity index (χ1) is 9.95. The third-order valence-corrected chi connectivity index (χ3v) is 4.27. The van der Waals surface area contributed by atoms with Crippen molar-refractivity contribution in [3.05, 3.63) is 63.1 Å². The van der Waals surface area contributed by atoms with Gasteiger partial charge >= 0.3 is 0 Å². The van der Waals surface area contributed by atoms with Crippen LogP contribution in [0.15, 0.2) is 34.8 Å². The van der Waals surface area contributed by atoms with Gasteiger partial charge in [0.2, 0.25) is 5.91 Å². The van der Waals surface area contributed by atoms with E-state index in [2.05, 4.69) is 21.2 Å². The van der Waals surface area contributed by atoms with Crippen LogP contribution in [-0.4, -0.2) is 5.91 Å². The van der Waals surface area contributed by atoms with Gasteiger partial charge in [0.15, 0.2) is 0 Å². The van der Waals surface area contributed by atoms with Gasteiger partial charge in [0.05, 0.1) is 11.8 Å². The molecular weight excluding hydrogens is 364 g/mol. The molecule has 0 saturated heterocycles. The van der Waals surface area contributed by atoms with Gasteiger partial charge in [-0.3, -0.25) is 4.79 Å². The number of carbonyl (C=O) groups is 1. The molecule has 0 aliphatic carbocycles. The maximum Gasteiger partial charge on any atom is 0.228 e.